The second kappa shape index (κ2) is 7.76. The fourth-order valence-electron chi connectivity index (χ4n) is 5.45. The summed E-state index contributed by atoms with van der Waals surface area (Å²) in [6.45, 7) is 15.8. The van der Waals surface area contributed by atoms with Gasteiger partial charge in [-0.15, -0.1) is 0 Å². The first kappa shape index (κ1) is 24.1. The monoisotopic (exact) mass is 462 g/mol. The van der Waals surface area contributed by atoms with Crippen molar-refractivity contribution < 1.29 is 19.2 Å². The lowest BCUT2D eigenvalue weighted by atomic mass is 9.78. The Kier molecular flexibility index (Phi) is 5.50. The third-order valence-electron chi connectivity index (χ3n) is 8.84. The van der Waals surface area contributed by atoms with Crippen LogP contribution in [0.15, 0.2) is 24.3 Å². The Balaban J connectivity index is 1.99. The highest BCUT2D eigenvalue weighted by Crippen LogP contribution is 2.43. The van der Waals surface area contributed by atoms with Crippen LogP contribution in [0.3, 0.4) is 0 Å². The first-order valence-corrected chi connectivity index (χ1v) is 12.2. The van der Waals surface area contributed by atoms with Crippen LogP contribution < -0.4 is 0 Å². The van der Waals surface area contributed by atoms with Crippen LogP contribution in [0.5, 0.6) is 0 Å². The van der Waals surface area contributed by atoms with E-state index in [1.54, 1.807) is 24.3 Å². The molecule has 0 aliphatic carbocycles. The fraction of sp³-hybridized carbons (Fsp3) is 0.500. The number of carbonyl (C=O) groups excluding carboxylic acids is 4. The van der Waals surface area contributed by atoms with E-state index < -0.39 is 11.1 Å². The molecule has 0 aromatic heterocycles. The van der Waals surface area contributed by atoms with Crippen LogP contribution in [0.1, 0.15) is 110 Å². The van der Waals surface area contributed by atoms with E-state index in [9.17, 15) is 19.2 Å². The maximum atomic E-state index is 13.7. The van der Waals surface area contributed by atoms with Crippen LogP contribution in [0.2, 0.25) is 0 Å². The Morgan fingerprint density at radius 2 is 0.824 bits per heavy atom. The summed E-state index contributed by atoms with van der Waals surface area (Å²) < 4.78 is 0. The van der Waals surface area contributed by atoms with Gasteiger partial charge in [-0.05, 0) is 62.8 Å². The summed E-state index contributed by atoms with van der Waals surface area (Å²) in [5, 5.41) is 0.847. The summed E-state index contributed by atoms with van der Waals surface area (Å²) >= 11 is 0. The van der Waals surface area contributed by atoms with Crippen molar-refractivity contribution >= 4 is 34.4 Å². The SMILES string of the molecule is CCC(C)(C(C)C)N1C(=O)c2ccc3c4c(ccc(c24)C1=O)C(=O)N(C(C)(CC)C(C)C)C3=O. The zero-order valence-electron chi connectivity index (χ0n) is 21.4. The Morgan fingerprint density at radius 1 is 0.588 bits per heavy atom. The standard InChI is InChI=1S/C28H34N2O4/c1-9-27(7,15(3)4)29-23(31)17-11-13-19-22-20(14-12-18(21(17)22)24(29)32)26(34)30(25(19)33)28(8,10-2)16(5)6/h11-16H,9-10H2,1-8H3. The van der Waals surface area contributed by atoms with E-state index in [-0.39, 0.29) is 35.5 Å². The Morgan fingerprint density at radius 3 is 1.00 bits per heavy atom. The Hall–Kier alpha value is -3.02. The van der Waals surface area contributed by atoms with Gasteiger partial charge in [0.05, 0.1) is 11.1 Å². The van der Waals surface area contributed by atoms with Crippen LogP contribution >= 0.6 is 0 Å². The molecule has 0 radical (unpaired) electrons. The second-order valence-electron chi connectivity index (χ2n) is 10.7. The number of rotatable bonds is 6. The molecule has 4 amide bonds. The van der Waals surface area contributed by atoms with E-state index in [4.69, 9.17) is 0 Å². The van der Waals surface area contributed by atoms with Gasteiger partial charge in [-0.3, -0.25) is 29.0 Å². The van der Waals surface area contributed by atoms with E-state index in [0.29, 0.717) is 45.9 Å². The Bertz CT molecular complexity index is 1090. The smallest absolute Gasteiger partial charge is 0.261 e. The van der Waals surface area contributed by atoms with Crippen molar-refractivity contribution in [2.75, 3.05) is 0 Å². The van der Waals surface area contributed by atoms with Crippen molar-refractivity contribution in [3.05, 3.63) is 46.5 Å². The predicted octanol–water partition coefficient (Wildman–Crippen LogP) is 5.68. The highest BCUT2D eigenvalue weighted by molar-refractivity contribution is 6.33. The number of benzene rings is 2. The van der Waals surface area contributed by atoms with Crippen LogP contribution in [0, 0.1) is 11.8 Å². The van der Waals surface area contributed by atoms with Crippen LogP contribution in [-0.4, -0.2) is 44.5 Å². The average molecular weight is 463 g/mol. The summed E-state index contributed by atoms with van der Waals surface area (Å²) in [6, 6.07) is 6.59. The van der Waals surface area contributed by atoms with Crippen molar-refractivity contribution in [3.8, 4) is 0 Å². The highest BCUT2D eigenvalue weighted by Gasteiger charge is 2.49. The molecule has 0 saturated carbocycles. The number of nitrogens with zero attached hydrogens (tertiary/aromatic N) is 2. The molecule has 34 heavy (non-hydrogen) atoms. The molecule has 0 spiro atoms. The molecule has 2 unspecified atom stereocenters. The van der Waals surface area contributed by atoms with Crippen molar-refractivity contribution in [1.29, 1.82) is 0 Å². The topological polar surface area (TPSA) is 74.8 Å². The lowest BCUT2D eigenvalue weighted by Crippen LogP contribution is -2.58. The van der Waals surface area contributed by atoms with Gasteiger partial charge in [0.15, 0.2) is 0 Å². The lowest BCUT2D eigenvalue weighted by Gasteiger charge is -2.46. The molecule has 0 saturated heterocycles. The molecule has 0 N–H and O–H groups in total. The molecule has 2 heterocycles. The summed E-state index contributed by atoms with van der Waals surface area (Å²) in [5.74, 6) is -1.38. The number of carbonyl (C=O) groups is 4. The minimum Gasteiger partial charge on any atom is -0.269 e. The third-order valence-corrected chi connectivity index (χ3v) is 8.84. The first-order chi connectivity index (χ1) is 15.9. The van der Waals surface area contributed by atoms with E-state index in [0.717, 1.165) is 0 Å². The largest absolute Gasteiger partial charge is 0.269 e. The molecule has 6 heteroatoms. The van der Waals surface area contributed by atoms with Gasteiger partial charge < -0.3 is 0 Å². The molecule has 0 fully saturated rings. The van der Waals surface area contributed by atoms with Crippen molar-refractivity contribution in [1.82, 2.24) is 9.80 Å². The van der Waals surface area contributed by atoms with Crippen LogP contribution in [-0.2, 0) is 0 Å². The lowest BCUT2D eigenvalue weighted by molar-refractivity contribution is 0.0272. The molecule has 2 aliphatic rings. The molecule has 2 atom stereocenters. The van der Waals surface area contributed by atoms with Crippen molar-refractivity contribution in [3.63, 3.8) is 0 Å². The normalized spacial score (nSPS) is 19.4. The van der Waals surface area contributed by atoms with E-state index >= 15 is 0 Å². The number of hydrogen-bond donors (Lipinski definition) is 0. The molecule has 0 bridgehead atoms. The van der Waals surface area contributed by atoms with E-state index in [2.05, 4.69) is 0 Å². The van der Waals surface area contributed by atoms with E-state index in [1.807, 2.05) is 55.4 Å². The van der Waals surface area contributed by atoms with Gasteiger partial charge in [0.2, 0.25) is 0 Å². The molecule has 2 aromatic carbocycles. The van der Waals surface area contributed by atoms with E-state index in [1.165, 1.54) is 9.80 Å². The van der Waals surface area contributed by atoms with Gasteiger partial charge in [0.1, 0.15) is 0 Å². The zero-order chi connectivity index (χ0) is 25.3. The quantitative estimate of drug-likeness (QED) is 0.518. The number of imide groups is 2. The molecule has 6 nitrogen and oxygen atoms in total. The molecule has 180 valence electrons. The summed E-state index contributed by atoms with van der Waals surface area (Å²) in [6.07, 6.45) is 1.24. The summed E-state index contributed by atoms with van der Waals surface area (Å²) in [4.78, 5) is 57.6. The number of amides is 4. The molecular formula is C28H34N2O4. The average Bonchev–Trinajstić information content (AvgIpc) is 2.80. The summed E-state index contributed by atoms with van der Waals surface area (Å²) in [5.41, 5.74) is 0.154. The van der Waals surface area contributed by atoms with Crippen LogP contribution in [0.25, 0.3) is 10.8 Å². The fourth-order valence-corrected chi connectivity index (χ4v) is 5.45. The van der Waals surface area contributed by atoms with Crippen LogP contribution in [0.4, 0.5) is 0 Å². The maximum Gasteiger partial charge on any atom is 0.261 e. The molecule has 2 aromatic rings. The summed E-state index contributed by atoms with van der Waals surface area (Å²) in [7, 11) is 0. The predicted molar refractivity (Wildman–Crippen MR) is 132 cm³/mol. The second-order valence-corrected chi connectivity index (χ2v) is 10.7. The minimum absolute atomic E-state index is 0.0549. The minimum atomic E-state index is -0.658. The highest BCUT2D eigenvalue weighted by atomic mass is 16.2. The van der Waals surface area contributed by atoms with Gasteiger partial charge in [0, 0.05) is 33.0 Å². The van der Waals surface area contributed by atoms with Gasteiger partial charge in [-0.2, -0.15) is 0 Å². The van der Waals surface area contributed by atoms with Gasteiger partial charge >= 0.3 is 0 Å². The number of hydrogen-bond acceptors (Lipinski definition) is 4. The zero-order valence-corrected chi connectivity index (χ0v) is 21.4. The third kappa shape index (κ3) is 2.87. The molecular weight excluding hydrogens is 428 g/mol. The molecule has 4 rings (SSSR count). The van der Waals surface area contributed by atoms with Gasteiger partial charge in [-0.1, -0.05) is 41.5 Å². The Labute approximate surface area is 201 Å². The van der Waals surface area contributed by atoms with Gasteiger partial charge in [-0.25, -0.2) is 0 Å². The van der Waals surface area contributed by atoms with Gasteiger partial charge in [0.25, 0.3) is 23.6 Å². The van der Waals surface area contributed by atoms with Crippen molar-refractivity contribution in [2.24, 2.45) is 11.8 Å². The van der Waals surface area contributed by atoms with Crippen molar-refractivity contribution in [2.45, 2.75) is 79.3 Å². The molecule has 2 aliphatic heterocycles. The maximum absolute atomic E-state index is 13.7. The first-order valence-electron chi connectivity index (χ1n) is 12.2.